The number of aliphatic hydroxyl groups is 1. The van der Waals surface area contributed by atoms with Crippen molar-refractivity contribution in [2.24, 2.45) is 0 Å². The molecule has 7 heteroatoms. The van der Waals surface area contributed by atoms with Crippen LogP contribution in [0.15, 0.2) is 29.2 Å². The van der Waals surface area contributed by atoms with Gasteiger partial charge in [0.1, 0.15) is 0 Å². The molecule has 0 aliphatic heterocycles. The van der Waals surface area contributed by atoms with Crippen molar-refractivity contribution in [3.8, 4) is 0 Å². The summed E-state index contributed by atoms with van der Waals surface area (Å²) < 4.78 is 41.4. The van der Waals surface area contributed by atoms with Crippen LogP contribution in [0.4, 0.5) is 13.2 Å². The normalized spacial score (nSPS) is 13.5. The minimum absolute atomic E-state index is 0.129. The number of aliphatic hydroxyl groups excluding tert-OH is 1. The van der Waals surface area contributed by atoms with E-state index < -0.39 is 5.51 Å². The maximum absolute atomic E-state index is 12.2. The van der Waals surface area contributed by atoms with Crippen LogP contribution in [-0.2, 0) is 4.74 Å². The second-order valence-electron chi connectivity index (χ2n) is 3.80. The molecule has 108 valence electrons. The van der Waals surface area contributed by atoms with Gasteiger partial charge in [-0.15, -0.1) is 0 Å². The van der Waals surface area contributed by atoms with E-state index in [0.29, 0.717) is 13.2 Å². The summed E-state index contributed by atoms with van der Waals surface area (Å²) in [7, 11) is 1.57. The SMILES string of the molecule is COCCNC(CO)c1ccc(SC(F)(F)F)cc1. The zero-order valence-electron chi connectivity index (χ0n) is 10.4. The Morgan fingerprint density at radius 1 is 1.32 bits per heavy atom. The number of hydrogen-bond acceptors (Lipinski definition) is 4. The largest absolute Gasteiger partial charge is 0.446 e. The average molecular weight is 295 g/mol. The highest BCUT2D eigenvalue weighted by molar-refractivity contribution is 8.00. The van der Waals surface area contributed by atoms with E-state index >= 15 is 0 Å². The van der Waals surface area contributed by atoms with E-state index in [1.165, 1.54) is 12.1 Å². The Morgan fingerprint density at radius 2 is 1.95 bits per heavy atom. The van der Waals surface area contributed by atoms with Gasteiger partial charge in [0.15, 0.2) is 0 Å². The molecule has 1 aromatic carbocycles. The number of rotatable bonds is 7. The number of benzene rings is 1. The van der Waals surface area contributed by atoms with Crippen LogP contribution in [0, 0.1) is 0 Å². The zero-order valence-corrected chi connectivity index (χ0v) is 11.2. The average Bonchev–Trinajstić information content (AvgIpc) is 2.34. The highest BCUT2D eigenvalue weighted by atomic mass is 32.2. The van der Waals surface area contributed by atoms with E-state index in [2.05, 4.69) is 5.32 Å². The number of halogens is 3. The number of ether oxygens (including phenoxy) is 1. The van der Waals surface area contributed by atoms with Crippen LogP contribution < -0.4 is 5.32 Å². The minimum atomic E-state index is -4.28. The highest BCUT2D eigenvalue weighted by Gasteiger charge is 2.29. The Hall–Kier alpha value is -0.760. The smallest absolute Gasteiger partial charge is 0.394 e. The number of hydrogen-bond donors (Lipinski definition) is 2. The van der Waals surface area contributed by atoms with Gasteiger partial charge < -0.3 is 15.2 Å². The molecule has 0 fully saturated rings. The molecule has 19 heavy (non-hydrogen) atoms. The van der Waals surface area contributed by atoms with Gasteiger partial charge >= 0.3 is 5.51 Å². The van der Waals surface area contributed by atoms with Crippen molar-refractivity contribution in [1.29, 1.82) is 0 Å². The molecule has 0 amide bonds. The summed E-state index contributed by atoms with van der Waals surface area (Å²) in [6.45, 7) is 0.925. The number of thioether (sulfide) groups is 1. The zero-order chi connectivity index (χ0) is 14.3. The van der Waals surface area contributed by atoms with E-state index in [1.807, 2.05) is 0 Å². The van der Waals surface area contributed by atoms with Crippen molar-refractivity contribution in [2.75, 3.05) is 26.9 Å². The van der Waals surface area contributed by atoms with Gasteiger partial charge in [-0.2, -0.15) is 13.2 Å². The minimum Gasteiger partial charge on any atom is -0.394 e. The lowest BCUT2D eigenvalue weighted by Gasteiger charge is -2.17. The van der Waals surface area contributed by atoms with E-state index in [1.54, 1.807) is 19.2 Å². The van der Waals surface area contributed by atoms with Crippen molar-refractivity contribution in [3.63, 3.8) is 0 Å². The van der Waals surface area contributed by atoms with Crippen LogP contribution in [0.3, 0.4) is 0 Å². The van der Waals surface area contributed by atoms with Gasteiger partial charge in [0, 0.05) is 18.6 Å². The van der Waals surface area contributed by atoms with Crippen LogP contribution in [0.2, 0.25) is 0 Å². The maximum atomic E-state index is 12.2. The molecule has 0 radical (unpaired) electrons. The highest BCUT2D eigenvalue weighted by Crippen LogP contribution is 2.36. The molecule has 0 bridgehead atoms. The van der Waals surface area contributed by atoms with Crippen molar-refractivity contribution in [3.05, 3.63) is 29.8 Å². The quantitative estimate of drug-likeness (QED) is 0.599. The predicted octanol–water partition coefficient (Wildman–Crippen LogP) is 2.57. The van der Waals surface area contributed by atoms with Gasteiger partial charge in [-0.25, -0.2) is 0 Å². The van der Waals surface area contributed by atoms with Crippen LogP contribution >= 0.6 is 11.8 Å². The van der Waals surface area contributed by atoms with Crippen molar-refractivity contribution in [1.82, 2.24) is 5.32 Å². The molecular formula is C12H16F3NO2S. The molecule has 1 atom stereocenters. The predicted molar refractivity (Wildman–Crippen MR) is 68.1 cm³/mol. The molecular weight excluding hydrogens is 279 g/mol. The van der Waals surface area contributed by atoms with Crippen LogP contribution in [-0.4, -0.2) is 37.5 Å². The second-order valence-corrected chi connectivity index (χ2v) is 4.94. The lowest BCUT2D eigenvalue weighted by molar-refractivity contribution is -0.0328. The van der Waals surface area contributed by atoms with Crippen LogP contribution in [0.1, 0.15) is 11.6 Å². The molecule has 0 saturated carbocycles. The first-order valence-corrected chi connectivity index (χ1v) is 6.47. The van der Waals surface area contributed by atoms with Gasteiger partial charge in [-0.1, -0.05) is 12.1 Å². The Labute approximate surface area is 114 Å². The number of nitrogens with one attached hydrogen (secondary N) is 1. The molecule has 0 aliphatic carbocycles. The summed E-state index contributed by atoms with van der Waals surface area (Å²) in [5.74, 6) is 0. The summed E-state index contributed by atoms with van der Waals surface area (Å²) in [5.41, 5.74) is -3.54. The molecule has 0 heterocycles. The molecule has 1 rings (SSSR count). The molecule has 3 nitrogen and oxygen atoms in total. The standard InChI is InChI=1S/C12H16F3NO2S/c1-18-7-6-16-11(8-17)9-2-4-10(5-3-9)19-12(13,14)15/h2-5,11,16-17H,6-8H2,1H3. The lowest BCUT2D eigenvalue weighted by Crippen LogP contribution is -2.27. The van der Waals surface area contributed by atoms with E-state index in [-0.39, 0.29) is 29.3 Å². The van der Waals surface area contributed by atoms with Gasteiger partial charge in [0.05, 0.1) is 19.3 Å². The summed E-state index contributed by atoms with van der Waals surface area (Å²) in [5, 5.41) is 12.3. The van der Waals surface area contributed by atoms with E-state index in [9.17, 15) is 18.3 Å². The van der Waals surface area contributed by atoms with Crippen molar-refractivity contribution < 1.29 is 23.0 Å². The van der Waals surface area contributed by atoms with Gasteiger partial charge in [-0.3, -0.25) is 0 Å². The van der Waals surface area contributed by atoms with Gasteiger partial charge in [-0.05, 0) is 29.5 Å². The third-order valence-corrected chi connectivity index (χ3v) is 3.13. The van der Waals surface area contributed by atoms with Gasteiger partial charge in [0.25, 0.3) is 0 Å². The lowest BCUT2D eigenvalue weighted by atomic mass is 10.1. The van der Waals surface area contributed by atoms with E-state index in [4.69, 9.17) is 4.74 Å². The molecule has 0 aromatic heterocycles. The third-order valence-electron chi connectivity index (χ3n) is 2.40. The van der Waals surface area contributed by atoms with Gasteiger partial charge in [0.2, 0.25) is 0 Å². The summed E-state index contributed by atoms with van der Waals surface area (Å²) in [6, 6.07) is 5.64. The molecule has 2 N–H and O–H groups in total. The second kappa shape index (κ2) is 7.74. The molecule has 0 saturated heterocycles. The first-order chi connectivity index (χ1) is 8.96. The summed E-state index contributed by atoms with van der Waals surface area (Å²) in [4.78, 5) is 0.129. The van der Waals surface area contributed by atoms with Crippen LogP contribution in [0.25, 0.3) is 0 Å². The first kappa shape index (κ1) is 16.3. The van der Waals surface area contributed by atoms with Crippen LogP contribution in [0.5, 0.6) is 0 Å². The monoisotopic (exact) mass is 295 g/mol. The Balaban J connectivity index is 2.62. The molecule has 1 unspecified atom stereocenters. The molecule has 0 spiro atoms. The fourth-order valence-electron chi connectivity index (χ4n) is 1.52. The summed E-state index contributed by atoms with van der Waals surface area (Å²) >= 11 is -0.153. The Bertz CT molecular complexity index is 370. The summed E-state index contributed by atoms with van der Waals surface area (Å²) in [6.07, 6.45) is 0. The van der Waals surface area contributed by atoms with E-state index in [0.717, 1.165) is 5.56 Å². The fraction of sp³-hybridized carbons (Fsp3) is 0.500. The Morgan fingerprint density at radius 3 is 2.42 bits per heavy atom. The van der Waals surface area contributed by atoms with Crippen molar-refractivity contribution in [2.45, 2.75) is 16.4 Å². The third kappa shape index (κ3) is 6.29. The molecule has 1 aromatic rings. The molecule has 0 aliphatic rings. The number of alkyl halides is 3. The Kier molecular flexibility index (Phi) is 6.64. The van der Waals surface area contributed by atoms with Crippen molar-refractivity contribution >= 4 is 11.8 Å². The maximum Gasteiger partial charge on any atom is 0.446 e. The fourth-order valence-corrected chi connectivity index (χ4v) is 2.06. The first-order valence-electron chi connectivity index (χ1n) is 5.65. The number of methoxy groups -OCH3 is 1. The topological polar surface area (TPSA) is 41.5 Å².